The van der Waals surface area contributed by atoms with E-state index >= 15 is 0 Å². The summed E-state index contributed by atoms with van der Waals surface area (Å²) < 4.78 is 9.54. The van der Waals surface area contributed by atoms with Crippen molar-refractivity contribution in [3.63, 3.8) is 0 Å². The monoisotopic (exact) mass is 231 g/mol. The topological polar surface area (TPSA) is 64.6 Å². The highest BCUT2D eigenvalue weighted by Gasteiger charge is 2.15. The van der Waals surface area contributed by atoms with E-state index < -0.39 is 11.7 Å². The molecule has 0 aliphatic heterocycles. The molecular weight excluding hydrogens is 210 g/mol. The molecule has 0 saturated carbocycles. The van der Waals surface area contributed by atoms with E-state index in [1.165, 1.54) is 7.11 Å². The van der Waals surface area contributed by atoms with E-state index in [0.717, 1.165) is 6.42 Å². The molecule has 0 atom stereocenters. The normalized spacial score (nSPS) is 10.8. The molecule has 0 saturated heterocycles. The third-order valence-corrected chi connectivity index (χ3v) is 1.70. The third kappa shape index (κ3) is 9.30. The Labute approximate surface area is 96.5 Å². The van der Waals surface area contributed by atoms with Gasteiger partial charge in [0.15, 0.2) is 0 Å². The first-order valence-corrected chi connectivity index (χ1v) is 5.39. The van der Waals surface area contributed by atoms with Crippen LogP contribution in [0.5, 0.6) is 0 Å². The zero-order valence-electron chi connectivity index (χ0n) is 10.5. The average molecular weight is 231 g/mol. The molecule has 1 amide bonds. The molecule has 0 unspecified atom stereocenters. The van der Waals surface area contributed by atoms with E-state index in [-0.39, 0.29) is 5.97 Å². The largest absolute Gasteiger partial charge is 0.469 e. The molecule has 0 aromatic rings. The molecule has 0 spiro atoms. The molecule has 0 heterocycles. The number of carbonyl (C=O) groups excluding carboxylic acids is 2. The Balaban J connectivity index is 3.45. The quantitative estimate of drug-likeness (QED) is 0.579. The number of amides is 1. The van der Waals surface area contributed by atoms with Crippen molar-refractivity contribution in [2.24, 2.45) is 0 Å². The second-order valence-corrected chi connectivity index (χ2v) is 4.46. The van der Waals surface area contributed by atoms with Crippen molar-refractivity contribution in [3.8, 4) is 0 Å². The summed E-state index contributed by atoms with van der Waals surface area (Å²) >= 11 is 0. The number of nitrogens with one attached hydrogen (secondary N) is 1. The minimum atomic E-state index is -0.476. The molecule has 1 N–H and O–H groups in total. The predicted molar refractivity (Wildman–Crippen MR) is 60.1 cm³/mol. The smallest absolute Gasteiger partial charge is 0.407 e. The van der Waals surface area contributed by atoms with Crippen LogP contribution >= 0.6 is 0 Å². The summed E-state index contributed by atoms with van der Waals surface area (Å²) in [5, 5.41) is 2.62. The number of rotatable bonds is 5. The van der Waals surface area contributed by atoms with Crippen LogP contribution < -0.4 is 5.32 Å². The molecular formula is C11H21NO4. The Bertz CT molecular complexity index is 233. The SMILES string of the molecule is COC(=O)CCCCNC(=O)OC(C)(C)C. The highest BCUT2D eigenvalue weighted by atomic mass is 16.6. The van der Waals surface area contributed by atoms with Crippen molar-refractivity contribution < 1.29 is 19.1 Å². The predicted octanol–water partition coefficient (Wildman–Crippen LogP) is 1.85. The van der Waals surface area contributed by atoms with Crippen molar-refractivity contribution in [2.75, 3.05) is 13.7 Å². The summed E-state index contributed by atoms with van der Waals surface area (Å²) in [5.41, 5.74) is -0.476. The van der Waals surface area contributed by atoms with E-state index in [4.69, 9.17) is 4.74 Å². The van der Waals surface area contributed by atoms with Crippen LogP contribution in [0.4, 0.5) is 4.79 Å². The molecule has 16 heavy (non-hydrogen) atoms. The van der Waals surface area contributed by atoms with Gasteiger partial charge in [-0.05, 0) is 33.6 Å². The number of carbonyl (C=O) groups is 2. The van der Waals surface area contributed by atoms with Crippen LogP contribution in [-0.2, 0) is 14.3 Å². The van der Waals surface area contributed by atoms with Gasteiger partial charge in [-0.3, -0.25) is 4.79 Å². The molecule has 0 aliphatic carbocycles. The van der Waals surface area contributed by atoms with Crippen LogP contribution in [0, 0.1) is 0 Å². The Hall–Kier alpha value is -1.26. The molecule has 94 valence electrons. The minimum Gasteiger partial charge on any atom is -0.469 e. The van der Waals surface area contributed by atoms with Crippen LogP contribution in [0.15, 0.2) is 0 Å². The van der Waals surface area contributed by atoms with E-state index in [1.807, 2.05) is 20.8 Å². The molecule has 0 aliphatic rings. The number of ether oxygens (including phenoxy) is 2. The van der Waals surface area contributed by atoms with Gasteiger partial charge in [0.25, 0.3) is 0 Å². The lowest BCUT2D eigenvalue weighted by Crippen LogP contribution is -2.33. The first kappa shape index (κ1) is 14.7. The van der Waals surface area contributed by atoms with Crippen molar-refractivity contribution in [1.82, 2.24) is 5.32 Å². The molecule has 0 fully saturated rings. The maximum absolute atomic E-state index is 11.2. The van der Waals surface area contributed by atoms with E-state index in [0.29, 0.717) is 19.4 Å². The summed E-state index contributed by atoms with van der Waals surface area (Å²) in [4.78, 5) is 21.9. The highest BCUT2D eigenvalue weighted by Crippen LogP contribution is 2.06. The van der Waals surface area contributed by atoms with Crippen LogP contribution in [0.1, 0.15) is 40.0 Å². The molecule has 0 aromatic heterocycles. The first-order chi connectivity index (χ1) is 7.35. The van der Waals surface area contributed by atoms with Crippen LogP contribution in [0.2, 0.25) is 0 Å². The fourth-order valence-electron chi connectivity index (χ4n) is 1.00. The van der Waals surface area contributed by atoms with E-state index in [9.17, 15) is 9.59 Å². The van der Waals surface area contributed by atoms with Gasteiger partial charge in [0, 0.05) is 13.0 Å². The molecule has 0 rings (SSSR count). The molecule has 5 heteroatoms. The van der Waals surface area contributed by atoms with Crippen molar-refractivity contribution in [2.45, 2.75) is 45.6 Å². The lowest BCUT2D eigenvalue weighted by atomic mass is 10.2. The number of hydrogen-bond acceptors (Lipinski definition) is 4. The van der Waals surface area contributed by atoms with Gasteiger partial charge in [0.1, 0.15) is 5.60 Å². The van der Waals surface area contributed by atoms with E-state index in [2.05, 4.69) is 10.1 Å². The average Bonchev–Trinajstić information content (AvgIpc) is 2.14. The van der Waals surface area contributed by atoms with Gasteiger partial charge >= 0.3 is 12.1 Å². The summed E-state index contributed by atoms with van der Waals surface area (Å²) in [6.45, 7) is 5.93. The lowest BCUT2D eigenvalue weighted by Gasteiger charge is -2.19. The Morgan fingerprint density at radius 3 is 2.31 bits per heavy atom. The van der Waals surface area contributed by atoms with Crippen LogP contribution in [0.25, 0.3) is 0 Å². The number of hydrogen-bond donors (Lipinski definition) is 1. The summed E-state index contributed by atoms with van der Waals surface area (Å²) in [6.07, 6.45) is 1.38. The highest BCUT2D eigenvalue weighted by molar-refractivity contribution is 5.69. The number of alkyl carbamates (subject to hydrolysis) is 1. The van der Waals surface area contributed by atoms with Gasteiger partial charge in [0.05, 0.1) is 7.11 Å². The summed E-state index contributed by atoms with van der Waals surface area (Å²) in [6, 6.07) is 0. The number of unbranched alkanes of at least 4 members (excludes halogenated alkanes) is 1. The van der Waals surface area contributed by atoms with Crippen molar-refractivity contribution in [3.05, 3.63) is 0 Å². The van der Waals surface area contributed by atoms with Gasteiger partial charge in [-0.2, -0.15) is 0 Å². The fraction of sp³-hybridized carbons (Fsp3) is 0.818. The summed E-state index contributed by atoms with van der Waals surface area (Å²) in [5.74, 6) is -0.225. The summed E-state index contributed by atoms with van der Waals surface area (Å²) in [7, 11) is 1.36. The van der Waals surface area contributed by atoms with Gasteiger partial charge in [-0.15, -0.1) is 0 Å². The van der Waals surface area contributed by atoms with E-state index in [1.54, 1.807) is 0 Å². The fourth-order valence-corrected chi connectivity index (χ4v) is 1.00. The third-order valence-electron chi connectivity index (χ3n) is 1.70. The minimum absolute atomic E-state index is 0.225. The molecule has 0 radical (unpaired) electrons. The van der Waals surface area contributed by atoms with Gasteiger partial charge < -0.3 is 14.8 Å². The van der Waals surface area contributed by atoms with Crippen molar-refractivity contribution in [1.29, 1.82) is 0 Å². The number of esters is 1. The van der Waals surface area contributed by atoms with Gasteiger partial charge in [-0.1, -0.05) is 0 Å². The molecule has 0 bridgehead atoms. The maximum atomic E-state index is 11.2. The maximum Gasteiger partial charge on any atom is 0.407 e. The Morgan fingerprint density at radius 2 is 1.81 bits per heavy atom. The van der Waals surface area contributed by atoms with Gasteiger partial charge in [-0.25, -0.2) is 4.79 Å². The Kier molecular flexibility index (Phi) is 6.53. The standard InChI is InChI=1S/C11H21NO4/c1-11(2,3)16-10(14)12-8-6-5-7-9(13)15-4/h5-8H2,1-4H3,(H,12,14). The zero-order chi connectivity index (χ0) is 12.6. The number of methoxy groups -OCH3 is 1. The molecule has 0 aromatic carbocycles. The second kappa shape index (κ2) is 7.09. The Morgan fingerprint density at radius 1 is 1.19 bits per heavy atom. The lowest BCUT2D eigenvalue weighted by molar-refractivity contribution is -0.140. The zero-order valence-corrected chi connectivity index (χ0v) is 10.5. The second-order valence-electron chi connectivity index (χ2n) is 4.46. The van der Waals surface area contributed by atoms with Crippen LogP contribution in [0.3, 0.4) is 0 Å². The van der Waals surface area contributed by atoms with Gasteiger partial charge in [0.2, 0.25) is 0 Å². The van der Waals surface area contributed by atoms with Crippen LogP contribution in [-0.4, -0.2) is 31.3 Å². The first-order valence-electron chi connectivity index (χ1n) is 5.39. The van der Waals surface area contributed by atoms with Crippen molar-refractivity contribution >= 4 is 12.1 Å². The molecule has 5 nitrogen and oxygen atoms in total.